The molecule has 0 aromatic heterocycles. The van der Waals surface area contributed by atoms with E-state index in [1.54, 1.807) is 0 Å². The van der Waals surface area contributed by atoms with Crippen molar-refractivity contribution in [1.29, 1.82) is 0 Å². The Labute approximate surface area is 471 Å². The van der Waals surface area contributed by atoms with Crippen LogP contribution in [-0.4, -0.2) is 37.2 Å². The summed E-state index contributed by atoms with van der Waals surface area (Å²) in [6, 6.07) is 0. The Morgan fingerprint density at radius 2 is 0.526 bits per heavy atom. The van der Waals surface area contributed by atoms with Crippen LogP contribution in [0.2, 0.25) is 0 Å². The van der Waals surface area contributed by atoms with E-state index in [1.165, 1.54) is 161 Å². The molecule has 1 atom stereocenters. The molecule has 0 amide bonds. The number of rotatable bonds is 59. The first-order valence-corrected chi connectivity index (χ1v) is 32.6. The van der Waals surface area contributed by atoms with Gasteiger partial charge in [-0.3, -0.25) is 14.4 Å². The van der Waals surface area contributed by atoms with Crippen LogP contribution in [0, 0.1) is 0 Å². The Bertz CT molecular complexity index is 1450. The molecule has 0 bridgehead atoms. The molecule has 0 N–H and O–H groups in total. The Morgan fingerprint density at radius 3 is 0.855 bits per heavy atom. The van der Waals surface area contributed by atoms with Crippen LogP contribution in [0.1, 0.15) is 323 Å². The third-order valence-corrected chi connectivity index (χ3v) is 14.1. The van der Waals surface area contributed by atoms with Gasteiger partial charge in [0.15, 0.2) is 6.10 Å². The fourth-order valence-electron chi connectivity index (χ4n) is 9.21. The highest BCUT2D eigenvalue weighted by molar-refractivity contribution is 5.71. The molecule has 0 aliphatic rings. The largest absolute Gasteiger partial charge is 0.462 e. The summed E-state index contributed by atoms with van der Waals surface area (Å²) >= 11 is 0. The highest BCUT2D eigenvalue weighted by Gasteiger charge is 2.19. The van der Waals surface area contributed by atoms with Crippen LogP contribution in [0.15, 0.2) is 85.1 Å². The zero-order valence-electron chi connectivity index (χ0n) is 50.3. The number of allylic oxidation sites excluding steroid dienone is 14. The van der Waals surface area contributed by atoms with Gasteiger partial charge in [0.05, 0.1) is 0 Å². The first-order chi connectivity index (χ1) is 37.5. The highest BCUT2D eigenvalue weighted by Crippen LogP contribution is 2.16. The molecule has 0 aromatic carbocycles. The van der Waals surface area contributed by atoms with Gasteiger partial charge in [0, 0.05) is 19.3 Å². The van der Waals surface area contributed by atoms with Crippen molar-refractivity contribution in [2.45, 2.75) is 329 Å². The molecule has 0 fully saturated rings. The van der Waals surface area contributed by atoms with Crippen LogP contribution in [0.25, 0.3) is 0 Å². The van der Waals surface area contributed by atoms with Crippen LogP contribution < -0.4 is 0 Å². The second kappa shape index (κ2) is 64.1. The molecule has 1 unspecified atom stereocenters. The van der Waals surface area contributed by atoms with Crippen LogP contribution in [-0.2, 0) is 28.6 Å². The minimum Gasteiger partial charge on any atom is -0.462 e. The van der Waals surface area contributed by atoms with E-state index in [1.807, 2.05) is 0 Å². The Balaban J connectivity index is 4.33. The van der Waals surface area contributed by atoms with Gasteiger partial charge >= 0.3 is 17.9 Å². The van der Waals surface area contributed by atoms with E-state index in [0.717, 1.165) is 122 Å². The quantitative estimate of drug-likeness (QED) is 0.0261. The molecule has 0 aliphatic heterocycles. The van der Waals surface area contributed by atoms with Crippen molar-refractivity contribution in [2.75, 3.05) is 13.2 Å². The molecular weight excluding hydrogens is 937 g/mol. The van der Waals surface area contributed by atoms with Gasteiger partial charge in [-0.25, -0.2) is 0 Å². The van der Waals surface area contributed by atoms with E-state index in [2.05, 4.69) is 106 Å². The summed E-state index contributed by atoms with van der Waals surface area (Å²) in [5, 5.41) is 0. The molecule has 0 heterocycles. The molecule has 0 saturated heterocycles. The standard InChI is InChI=1S/C70H122O6/c1-4-7-10-13-16-19-22-25-28-30-32-33-34-35-36-37-39-40-42-45-48-51-54-57-60-63-69(72)75-66-67(65-74-68(71)62-59-56-53-50-47-44-27-24-21-18-15-12-9-6-3)76-70(73)64-61-58-55-52-49-46-43-41-38-31-29-26-23-20-17-14-11-8-5-2/h8,11,15,17-18,20,24,26-27,29-30,32,38,41,67H,4-7,9-10,12-14,16,19,21-23,25,28,31,33-37,39-40,42-66H2,1-3H3/b11-8-,18-15-,20-17-,27-24-,29-26-,32-30-,41-38-. The molecular formula is C70H122O6. The van der Waals surface area contributed by atoms with Crippen molar-refractivity contribution in [1.82, 2.24) is 0 Å². The monoisotopic (exact) mass is 1060 g/mol. The number of ether oxygens (including phenoxy) is 3. The number of hydrogen-bond acceptors (Lipinski definition) is 6. The summed E-state index contributed by atoms with van der Waals surface area (Å²) in [6.07, 6.45) is 84.5. The van der Waals surface area contributed by atoms with Gasteiger partial charge in [-0.15, -0.1) is 0 Å². The molecule has 0 radical (unpaired) electrons. The first-order valence-electron chi connectivity index (χ1n) is 32.6. The van der Waals surface area contributed by atoms with Gasteiger partial charge in [0.1, 0.15) is 13.2 Å². The van der Waals surface area contributed by atoms with Crippen LogP contribution in [0.4, 0.5) is 0 Å². The lowest BCUT2D eigenvalue weighted by molar-refractivity contribution is -0.167. The van der Waals surface area contributed by atoms with Crippen molar-refractivity contribution in [2.24, 2.45) is 0 Å². The van der Waals surface area contributed by atoms with Gasteiger partial charge in [-0.05, 0) is 109 Å². The van der Waals surface area contributed by atoms with E-state index in [4.69, 9.17) is 14.2 Å². The lowest BCUT2D eigenvalue weighted by Gasteiger charge is -2.18. The molecule has 438 valence electrons. The number of carbonyl (C=O) groups excluding carboxylic acids is 3. The second-order valence-corrected chi connectivity index (χ2v) is 21.6. The van der Waals surface area contributed by atoms with Crippen molar-refractivity contribution in [3.63, 3.8) is 0 Å². The van der Waals surface area contributed by atoms with Crippen LogP contribution >= 0.6 is 0 Å². The summed E-state index contributed by atoms with van der Waals surface area (Å²) in [4.78, 5) is 38.3. The molecule has 6 nitrogen and oxygen atoms in total. The van der Waals surface area contributed by atoms with Gasteiger partial charge < -0.3 is 14.2 Å². The number of esters is 3. The summed E-state index contributed by atoms with van der Waals surface area (Å²) in [5.74, 6) is -0.903. The number of carbonyl (C=O) groups is 3. The molecule has 0 saturated carbocycles. The third-order valence-electron chi connectivity index (χ3n) is 14.1. The smallest absolute Gasteiger partial charge is 0.306 e. The molecule has 0 aliphatic carbocycles. The van der Waals surface area contributed by atoms with Crippen molar-refractivity contribution < 1.29 is 28.6 Å². The lowest BCUT2D eigenvalue weighted by Crippen LogP contribution is -2.30. The number of unbranched alkanes of at least 4 members (excludes halogenated alkanes) is 34. The van der Waals surface area contributed by atoms with Crippen LogP contribution in [0.5, 0.6) is 0 Å². The van der Waals surface area contributed by atoms with E-state index >= 15 is 0 Å². The zero-order valence-corrected chi connectivity index (χ0v) is 50.3. The summed E-state index contributed by atoms with van der Waals surface area (Å²) < 4.78 is 16.9. The fourth-order valence-corrected chi connectivity index (χ4v) is 9.21. The summed E-state index contributed by atoms with van der Waals surface area (Å²) in [5.41, 5.74) is 0. The summed E-state index contributed by atoms with van der Waals surface area (Å²) in [7, 11) is 0. The minimum atomic E-state index is -0.792. The molecule has 76 heavy (non-hydrogen) atoms. The van der Waals surface area contributed by atoms with Crippen molar-refractivity contribution in [3.8, 4) is 0 Å². The SMILES string of the molecule is CC/C=C\C/C=C\C/C=C\C/C=C\CCCCCCCCC(=O)OC(COC(=O)CCCCCCC/C=C\C/C=C\CCCC)COC(=O)CCCCCCCCCCCCCCC/C=C\CCCCCCCCCC. The Morgan fingerprint density at radius 1 is 0.276 bits per heavy atom. The van der Waals surface area contributed by atoms with Gasteiger partial charge in [0.2, 0.25) is 0 Å². The molecule has 6 heteroatoms. The van der Waals surface area contributed by atoms with Gasteiger partial charge in [-0.1, -0.05) is 279 Å². The fraction of sp³-hybridized carbons (Fsp3) is 0.757. The number of hydrogen-bond donors (Lipinski definition) is 0. The average Bonchev–Trinajstić information content (AvgIpc) is 3.42. The third kappa shape index (κ3) is 61.4. The highest BCUT2D eigenvalue weighted by atomic mass is 16.6. The van der Waals surface area contributed by atoms with E-state index < -0.39 is 6.10 Å². The first kappa shape index (κ1) is 72.6. The van der Waals surface area contributed by atoms with E-state index in [-0.39, 0.29) is 31.1 Å². The normalized spacial score (nSPS) is 12.6. The molecule has 0 spiro atoms. The maximum Gasteiger partial charge on any atom is 0.306 e. The van der Waals surface area contributed by atoms with E-state index in [0.29, 0.717) is 19.3 Å². The average molecular weight is 1060 g/mol. The summed E-state index contributed by atoms with van der Waals surface area (Å²) in [6.45, 7) is 6.50. The molecule has 0 aromatic rings. The van der Waals surface area contributed by atoms with Gasteiger partial charge in [-0.2, -0.15) is 0 Å². The Hall–Kier alpha value is -3.41. The molecule has 0 rings (SSSR count). The predicted octanol–water partition coefficient (Wildman–Crippen LogP) is 22.3. The Kier molecular flexibility index (Phi) is 61.2. The van der Waals surface area contributed by atoms with E-state index in [9.17, 15) is 14.4 Å². The minimum absolute atomic E-state index is 0.0858. The van der Waals surface area contributed by atoms with Crippen molar-refractivity contribution >= 4 is 17.9 Å². The zero-order chi connectivity index (χ0) is 55.0. The maximum absolute atomic E-state index is 12.9. The lowest BCUT2D eigenvalue weighted by atomic mass is 10.0. The topological polar surface area (TPSA) is 78.9 Å². The second-order valence-electron chi connectivity index (χ2n) is 21.6. The van der Waals surface area contributed by atoms with Crippen LogP contribution in [0.3, 0.4) is 0 Å². The predicted molar refractivity (Wildman–Crippen MR) is 330 cm³/mol. The van der Waals surface area contributed by atoms with Crippen molar-refractivity contribution in [3.05, 3.63) is 85.1 Å². The maximum atomic E-state index is 12.9. The van der Waals surface area contributed by atoms with Gasteiger partial charge in [0.25, 0.3) is 0 Å².